The van der Waals surface area contributed by atoms with Gasteiger partial charge in [-0.25, -0.2) is 4.79 Å². The van der Waals surface area contributed by atoms with Crippen LogP contribution in [0, 0.1) is 0 Å². The number of hydrogen-bond donors (Lipinski definition) is 1. The summed E-state index contributed by atoms with van der Waals surface area (Å²) in [6.45, 7) is 0.0463. The van der Waals surface area contributed by atoms with Crippen LogP contribution in [0.3, 0.4) is 0 Å². The van der Waals surface area contributed by atoms with E-state index in [0.717, 1.165) is 18.3 Å². The molecule has 1 heterocycles. The quantitative estimate of drug-likeness (QED) is 0.697. The van der Waals surface area contributed by atoms with Crippen LogP contribution in [0.25, 0.3) is 10.9 Å². The molecule has 29 heavy (non-hydrogen) atoms. The number of aromatic nitrogens is 1. The number of aromatic carboxylic acids is 1. The summed E-state index contributed by atoms with van der Waals surface area (Å²) < 4.78 is 50.2. The molecule has 0 spiro atoms. The molecule has 1 N–H and O–H groups in total. The van der Waals surface area contributed by atoms with Crippen molar-refractivity contribution >= 4 is 16.9 Å². The van der Waals surface area contributed by atoms with E-state index in [-0.39, 0.29) is 17.7 Å². The van der Waals surface area contributed by atoms with E-state index in [1.165, 1.54) is 43.1 Å². The van der Waals surface area contributed by atoms with E-state index in [9.17, 15) is 27.9 Å². The van der Waals surface area contributed by atoms with Crippen LogP contribution in [0.15, 0.2) is 47.4 Å². The molecular weight excluding hydrogens is 391 g/mol. The monoisotopic (exact) mass is 407 g/mol. The number of carboxylic acid groups (broad SMARTS) is 1. The average Bonchev–Trinajstić information content (AvgIpc) is 2.68. The molecule has 0 saturated heterocycles. The minimum atomic E-state index is -4.46. The molecular formula is C20H16F3NO5. The van der Waals surface area contributed by atoms with Gasteiger partial charge in [0.1, 0.15) is 5.56 Å². The van der Waals surface area contributed by atoms with Gasteiger partial charge < -0.3 is 19.1 Å². The zero-order valence-corrected chi connectivity index (χ0v) is 15.4. The lowest BCUT2D eigenvalue weighted by atomic mass is 10.1. The first-order valence-electron chi connectivity index (χ1n) is 8.34. The standard InChI is InChI=1S/C20H16F3NO5/c1-28-16-7-13-15(8-17(16)29-2)24(10-14(18(13)25)19(26)27)9-11-3-5-12(6-4-11)20(21,22)23/h3-8,10H,9H2,1-2H3,(H,26,27). The summed E-state index contributed by atoms with van der Waals surface area (Å²) in [5.74, 6) is -0.836. The highest BCUT2D eigenvalue weighted by molar-refractivity contribution is 5.93. The van der Waals surface area contributed by atoms with E-state index >= 15 is 0 Å². The Morgan fingerprint density at radius 1 is 1.07 bits per heavy atom. The Labute approximate surface area is 162 Å². The lowest BCUT2D eigenvalue weighted by Gasteiger charge is -2.16. The van der Waals surface area contributed by atoms with Gasteiger partial charge in [-0.2, -0.15) is 13.2 Å². The number of hydrogen-bond acceptors (Lipinski definition) is 4. The largest absolute Gasteiger partial charge is 0.493 e. The number of carboxylic acids is 1. The molecule has 0 aliphatic rings. The number of pyridine rings is 1. The Hall–Kier alpha value is -3.49. The second-order valence-electron chi connectivity index (χ2n) is 6.22. The fraction of sp³-hybridized carbons (Fsp3) is 0.200. The van der Waals surface area contributed by atoms with Crippen LogP contribution in [-0.2, 0) is 12.7 Å². The van der Waals surface area contributed by atoms with Crippen molar-refractivity contribution in [3.8, 4) is 11.5 Å². The highest BCUT2D eigenvalue weighted by Gasteiger charge is 2.30. The minimum Gasteiger partial charge on any atom is -0.493 e. The number of methoxy groups -OCH3 is 2. The molecule has 3 rings (SSSR count). The molecule has 0 bridgehead atoms. The fourth-order valence-corrected chi connectivity index (χ4v) is 3.00. The number of fused-ring (bicyclic) bond motifs is 1. The van der Waals surface area contributed by atoms with Crippen LogP contribution >= 0.6 is 0 Å². The third-order valence-corrected chi connectivity index (χ3v) is 4.45. The summed E-state index contributed by atoms with van der Waals surface area (Å²) >= 11 is 0. The summed E-state index contributed by atoms with van der Waals surface area (Å²) in [5.41, 5.74) is -1.09. The van der Waals surface area contributed by atoms with Crippen LogP contribution in [0.5, 0.6) is 11.5 Å². The molecule has 2 aromatic carbocycles. The Balaban J connectivity index is 2.19. The SMILES string of the molecule is COc1cc2c(=O)c(C(=O)O)cn(Cc3ccc(C(F)(F)F)cc3)c2cc1OC. The Kier molecular flexibility index (Phi) is 5.23. The van der Waals surface area contributed by atoms with Crippen molar-refractivity contribution in [1.82, 2.24) is 4.57 Å². The molecule has 3 aromatic rings. The maximum atomic E-state index is 12.8. The van der Waals surface area contributed by atoms with E-state index in [2.05, 4.69) is 0 Å². The lowest BCUT2D eigenvalue weighted by molar-refractivity contribution is -0.137. The smallest absolute Gasteiger partial charge is 0.416 e. The molecule has 0 fully saturated rings. The molecule has 0 aliphatic carbocycles. The van der Waals surface area contributed by atoms with E-state index in [1.807, 2.05) is 0 Å². The first-order valence-corrected chi connectivity index (χ1v) is 8.34. The number of alkyl halides is 3. The Bertz CT molecular complexity index is 1130. The van der Waals surface area contributed by atoms with Gasteiger partial charge in [0.2, 0.25) is 5.43 Å². The number of nitrogens with zero attached hydrogens (tertiary/aromatic N) is 1. The zero-order chi connectivity index (χ0) is 21.3. The molecule has 9 heteroatoms. The number of ether oxygens (including phenoxy) is 2. The predicted octanol–water partition coefficient (Wildman–Crippen LogP) is 3.78. The lowest BCUT2D eigenvalue weighted by Crippen LogP contribution is -2.19. The third kappa shape index (κ3) is 3.89. The molecule has 0 radical (unpaired) electrons. The van der Waals surface area contributed by atoms with E-state index in [4.69, 9.17) is 9.47 Å². The summed E-state index contributed by atoms with van der Waals surface area (Å²) in [5, 5.41) is 9.47. The van der Waals surface area contributed by atoms with Gasteiger partial charge >= 0.3 is 12.1 Å². The van der Waals surface area contributed by atoms with Crippen LogP contribution in [0.1, 0.15) is 21.5 Å². The van der Waals surface area contributed by atoms with Crippen molar-refractivity contribution in [3.63, 3.8) is 0 Å². The number of carbonyl (C=O) groups is 1. The first-order chi connectivity index (χ1) is 13.7. The summed E-state index contributed by atoms with van der Waals surface area (Å²) in [6, 6.07) is 7.39. The summed E-state index contributed by atoms with van der Waals surface area (Å²) in [7, 11) is 2.79. The second-order valence-corrected chi connectivity index (χ2v) is 6.22. The van der Waals surface area contributed by atoms with Gasteiger partial charge in [0.25, 0.3) is 0 Å². The third-order valence-electron chi connectivity index (χ3n) is 4.45. The molecule has 0 saturated carbocycles. The minimum absolute atomic E-state index is 0.0463. The van der Waals surface area contributed by atoms with Gasteiger partial charge in [0.05, 0.1) is 30.7 Å². The molecule has 152 valence electrons. The van der Waals surface area contributed by atoms with Gasteiger partial charge in [0, 0.05) is 18.8 Å². The van der Waals surface area contributed by atoms with Gasteiger partial charge in [-0.05, 0) is 23.8 Å². The molecule has 0 aliphatic heterocycles. The van der Waals surface area contributed by atoms with Crippen molar-refractivity contribution in [1.29, 1.82) is 0 Å². The highest BCUT2D eigenvalue weighted by atomic mass is 19.4. The second kappa shape index (κ2) is 7.50. The van der Waals surface area contributed by atoms with Crippen molar-refractivity contribution in [3.05, 3.63) is 69.5 Å². The van der Waals surface area contributed by atoms with Crippen LogP contribution in [-0.4, -0.2) is 29.9 Å². The molecule has 1 aromatic heterocycles. The van der Waals surface area contributed by atoms with E-state index < -0.39 is 28.7 Å². The fourth-order valence-electron chi connectivity index (χ4n) is 3.00. The zero-order valence-electron chi connectivity index (χ0n) is 15.4. The van der Waals surface area contributed by atoms with E-state index in [0.29, 0.717) is 16.8 Å². The van der Waals surface area contributed by atoms with Gasteiger partial charge in [-0.3, -0.25) is 4.79 Å². The van der Waals surface area contributed by atoms with Gasteiger partial charge in [0.15, 0.2) is 11.5 Å². The van der Waals surface area contributed by atoms with Crippen molar-refractivity contribution < 1.29 is 32.5 Å². The van der Waals surface area contributed by atoms with Crippen molar-refractivity contribution in [2.24, 2.45) is 0 Å². The van der Waals surface area contributed by atoms with Crippen LogP contribution in [0.2, 0.25) is 0 Å². The number of halogens is 3. The van der Waals surface area contributed by atoms with Crippen LogP contribution < -0.4 is 14.9 Å². The van der Waals surface area contributed by atoms with Gasteiger partial charge in [-0.1, -0.05) is 12.1 Å². The maximum Gasteiger partial charge on any atom is 0.416 e. The van der Waals surface area contributed by atoms with Crippen molar-refractivity contribution in [2.75, 3.05) is 14.2 Å². The average molecular weight is 407 g/mol. The topological polar surface area (TPSA) is 77.8 Å². The Morgan fingerprint density at radius 3 is 2.17 bits per heavy atom. The maximum absolute atomic E-state index is 12.8. The molecule has 0 atom stereocenters. The van der Waals surface area contributed by atoms with Crippen LogP contribution in [0.4, 0.5) is 13.2 Å². The first kappa shape index (κ1) is 20.2. The molecule has 0 amide bonds. The molecule has 0 unspecified atom stereocenters. The number of benzene rings is 2. The number of rotatable bonds is 5. The summed E-state index contributed by atoms with van der Waals surface area (Å²) in [6.07, 6.45) is -3.29. The normalized spacial score (nSPS) is 11.5. The predicted molar refractivity (Wildman–Crippen MR) is 98.8 cm³/mol. The Morgan fingerprint density at radius 2 is 1.66 bits per heavy atom. The molecule has 6 nitrogen and oxygen atoms in total. The van der Waals surface area contributed by atoms with Gasteiger partial charge in [-0.15, -0.1) is 0 Å². The summed E-state index contributed by atoms with van der Waals surface area (Å²) in [4.78, 5) is 24.1. The highest BCUT2D eigenvalue weighted by Crippen LogP contribution is 2.32. The van der Waals surface area contributed by atoms with E-state index in [1.54, 1.807) is 0 Å². The van der Waals surface area contributed by atoms with Crippen molar-refractivity contribution in [2.45, 2.75) is 12.7 Å².